The molecule has 0 fully saturated rings. The number of ether oxygens (including phenoxy) is 8. The van der Waals surface area contributed by atoms with Gasteiger partial charge in [-0.15, -0.1) is 0 Å². The lowest BCUT2D eigenvalue weighted by molar-refractivity contribution is -0.173. The molecule has 0 bridgehead atoms. The molecule has 0 atom stereocenters. The number of H-pyrrole nitrogens is 3. The van der Waals surface area contributed by atoms with Crippen molar-refractivity contribution in [3.8, 4) is 85.5 Å². The third-order valence-electron chi connectivity index (χ3n) is 19.3. The Morgan fingerprint density at radius 3 is 1.33 bits per heavy atom. The molecular weight excluding hydrogens is 1940 g/mol. The minimum Gasteiger partial charge on any atom is -0.496 e. The van der Waals surface area contributed by atoms with Crippen molar-refractivity contribution < 1.29 is 141 Å². The molecule has 0 saturated heterocycles. The molecule has 13 rings (SSSR count). The monoisotopic (exact) mass is 2030 g/mol. The number of hydrogen-bond acceptors (Lipinski definition) is 24. The summed E-state index contributed by atoms with van der Waals surface area (Å²) in [6.07, 6.45) is -3.82. The number of aromatic amines is 3. The molecule has 1 aliphatic heterocycles. The van der Waals surface area contributed by atoms with Gasteiger partial charge in [0.05, 0.1) is 119 Å². The van der Waals surface area contributed by atoms with Crippen molar-refractivity contribution >= 4 is 103 Å². The Hall–Kier alpha value is -16.7. The number of carbonyl (C=O) groups is 6. The van der Waals surface area contributed by atoms with Gasteiger partial charge in [-0.1, -0.05) is 60.7 Å². The van der Waals surface area contributed by atoms with Gasteiger partial charge in [0.15, 0.2) is 11.6 Å². The van der Waals surface area contributed by atoms with Gasteiger partial charge in [0.25, 0.3) is 0 Å². The predicted octanol–water partition coefficient (Wildman–Crippen LogP) is 15.5. The zero-order chi connectivity index (χ0) is 104. The summed E-state index contributed by atoms with van der Waals surface area (Å²) in [5.41, 5.74) is 2.32. The third kappa shape index (κ3) is 31.9. The number of anilines is 4. The Kier molecular flexibility index (Phi) is 38.1. The molecular formula is C92H88F15N19O16S. The van der Waals surface area contributed by atoms with Gasteiger partial charge < -0.3 is 80.1 Å². The molecule has 0 unspecified atom stereocenters. The second-order valence-corrected chi connectivity index (χ2v) is 31.1. The van der Waals surface area contributed by atoms with Gasteiger partial charge in [-0.25, -0.2) is 9.67 Å². The molecule has 0 saturated carbocycles. The SMILES string of the molecule is COc1cccc(OCCCNC(=O)C(F)(F)F)c1-c1cc(NC(=O)/C=C/c2c[nH]c3ccccc23)n[nH]1.COc1cccc(OCCCNC(=O)C(F)(F)F)c1-c1cc(NC(=O)/C=C/c2ccncc2)n[nH]1.COc1cccc(OCCCNC(=O)C(F)(F)F)c1-c1cc(Nc2cnc(C)cn2)n(-c2ccccc2)n1.COc1cccc(OCCCNC(=O)C(F)(F)F)c1C1=CC(NS(=O)(=O)C(F)(F)F)=NC1. The number of nitrogens with zero attached hydrogens (tertiary/aromatic N) is 8. The van der Waals surface area contributed by atoms with E-state index in [0.29, 0.717) is 79.9 Å². The van der Waals surface area contributed by atoms with Crippen LogP contribution < -0.4 is 79.8 Å². The zero-order valence-electron chi connectivity index (χ0n) is 75.7. The molecule has 11 N–H and O–H groups in total. The van der Waals surface area contributed by atoms with Crippen molar-refractivity contribution in [1.82, 2.24) is 76.1 Å². The fourth-order valence-corrected chi connectivity index (χ4v) is 13.2. The number of benzene rings is 6. The van der Waals surface area contributed by atoms with Crippen LogP contribution in [0.25, 0.3) is 68.1 Å². The lowest BCUT2D eigenvalue weighted by Gasteiger charge is -2.15. The van der Waals surface area contributed by atoms with Crippen LogP contribution in [0, 0.1) is 6.92 Å². The number of aryl methyl sites for hydroxylation is 1. The number of aromatic nitrogens is 10. The summed E-state index contributed by atoms with van der Waals surface area (Å²) in [7, 11) is 0.130. The van der Waals surface area contributed by atoms with E-state index in [1.54, 1.807) is 136 Å². The highest BCUT2D eigenvalue weighted by atomic mass is 32.2. The first-order valence-corrected chi connectivity index (χ1v) is 43.8. The van der Waals surface area contributed by atoms with Crippen LogP contribution in [0.5, 0.6) is 46.0 Å². The number of amidine groups is 1. The summed E-state index contributed by atoms with van der Waals surface area (Å²) in [5.74, 6) is -4.72. The number of rotatable bonds is 38. The molecule has 1 aliphatic rings. The standard InChI is InChI=1S/C26H25F3N6O3.C26H24F3N5O4.C23H22F3N5O4.C17H17F6N3O5S/c1-17-15-32-22(16-31-17)33-23-14-19(34-35(23)18-8-4-3-5-9-18)24-20(37-2)10-6-11-21(24)38-13-7-12-30-25(36)26(27,28)29;1-37-20-8-4-9-21(38-13-5-12-30-25(36)26(27,28)29)24(20)19-14-22(34-33-19)32-23(35)11-10-16-15-31-18-7-3-2-6-17(16)18;1-34-17-4-2-5-18(35-13-3-10-28-22(33)23(24,25)26)21(17)16-14-19(31-30-16)29-20(32)7-6-15-8-11-27-12-9-15;1-30-11-4-2-5-12(31-7-3-6-24-15(27)16(18,19)20)14(11)10-8-13(25-9-10)26-32(28,29)17(21,22)23/h3-6,8-11,14-16H,7,12-13H2,1-2H3,(H,30,36)(H,32,33);2-4,6-11,14-15,31H,5,12-13H2,1H3,(H,30,36)(H2,32,33,34,35);2,4-9,11-12,14H,3,10,13H2,1H3,(H,28,33)(H2,29,30,31,32);2,4-5,8H,3,6-7,9H2,1H3,(H,24,27)(H,25,26)/b;11-10+;7-6+;. The van der Waals surface area contributed by atoms with E-state index in [9.17, 15) is 103 Å². The molecule has 0 radical (unpaired) electrons. The van der Waals surface area contributed by atoms with Crippen molar-refractivity contribution in [2.75, 3.05) is 104 Å². The summed E-state index contributed by atoms with van der Waals surface area (Å²) in [5, 5.41) is 35.3. The number of halogens is 15. The van der Waals surface area contributed by atoms with Crippen LogP contribution in [-0.4, -0.2) is 218 Å². The molecule has 758 valence electrons. The van der Waals surface area contributed by atoms with Gasteiger partial charge in [0, 0.05) is 86.0 Å². The van der Waals surface area contributed by atoms with Gasteiger partial charge in [0.1, 0.15) is 69.2 Å². The van der Waals surface area contributed by atoms with Crippen molar-refractivity contribution in [1.29, 1.82) is 0 Å². The number of aliphatic imine (C=N–C) groups is 1. The zero-order valence-corrected chi connectivity index (χ0v) is 76.5. The minimum absolute atomic E-state index is 0.0185. The molecule has 51 heteroatoms. The molecule has 0 spiro atoms. The first-order valence-electron chi connectivity index (χ1n) is 42.3. The fraction of sp³-hybridized carbons (Fsp3) is 0.250. The topological polar surface area (TPSA) is 449 Å². The summed E-state index contributed by atoms with van der Waals surface area (Å²) >= 11 is 0. The number of amides is 6. The van der Waals surface area contributed by atoms with Gasteiger partial charge in [-0.05, 0) is 146 Å². The molecule has 12 aromatic rings. The number of sulfonamides is 1. The number of nitrogens with one attached hydrogen (secondary N) is 11. The highest BCUT2D eigenvalue weighted by Crippen LogP contribution is 2.44. The lowest BCUT2D eigenvalue weighted by Crippen LogP contribution is -2.39. The van der Waals surface area contributed by atoms with Crippen molar-refractivity contribution in [2.24, 2.45) is 4.99 Å². The lowest BCUT2D eigenvalue weighted by atomic mass is 10.0. The Morgan fingerprint density at radius 1 is 0.469 bits per heavy atom. The Morgan fingerprint density at radius 2 is 0.888 bits per heavy atom. The van der Waals surface area contributed by atoms with E-state index in [-0.39, 0.29) is 125 Å². The first kappa shape index (κ1) is 108. The number of pyridine rings is 1. The Balaban J connectivity index is 0.000000196. The van der Waals surface area contributed by atoms with Gasteiger partial charge in [-0.2, -0.15) is 89.6 Å². The molecule has 6 aromatic heterocycles. The quantitative estimate of drug-likeness (QED) is 0.00972. The van der Waals surface area contributed by atoms with Crippen LogP contribution in [0.1, 0.15) is 48.1 Å². The highest BCUT2D eigenvalue weighted by molar-refractivity contribution is 7.90. The smallest absolute Gasteiger partial charge is 0.496 e. The maximum atomic E-state index is 12.6. The second-order valence-electron chi connectivity index (χ2n) is 29.5. The molecule has 6 amide bonds. The van der Waals surface area contributed by atoms with Gasteiger partial charge in [0.2, 0.25) is 11.8 Å². The summed E-state index contributed by atoms with van der Waals surface area (Å²) in [4.78, 5) is 87.7. The van der Waals surface area contributed by atoms with Crippen LogP contribution in [0.3, 0.4) is 0 Å². The number of fused-ring (bicyclic) bond motifs is 1. The number of alkyl halides is 15. The maximum absolute atomic E-state index is 12.6. The van der Waals surface area contributed by atoms with Crippen molar-refractivity contribution in [2.45, 2.75) is 62.8 Å². The van der Waals surface area contributed by atoms with Crippen LogP contribution in [-0.2, 0) is 38.8 Å². The normalized spacial score (nSPS) is 12.1. The number of carbonyl (C=O) groups excluding carboxylic acids is 6. The molecule has 143 heavy (non-hydrogen) atoms. The van der Waals surface area contributed by atoms with Crippen LogP contribution in [0.15, 0.2) is 212 Å². The van der Waals surface area contributed by atoms with E-state index in [1.807, 2.05) is 79.1 Å². The largest absolute Gasteiger partial charge is 0.516 e. The second kappa shape index (κ2) is 50.3. The van der Waals surface area contributed by atoms with E-state index >= 15 is 0 Å². The van der Waals surface area contributed by atoms with Crippen molar-refractivity contribution in [3.63, 3.8) is 0 Å². The van der Waals surface area contributed by atoms with Crippen LogP contribution in [0.2, 0.25) is 0 Å². The Labute approximate surface area is 802 Å². The molecule has 0 aliphatic carbocycles. The van der Waals surface area contributed by atoms with Crippen molar-refractivity contribution in [3.05, 3.63) is 229 Å². The van der Waals surface area contributed by atoms with E-state index in [1.165, 1.54) is 63.5 Å². The average Bonchev–Trinajstić information content (AvgIpc) is 1.63. The average molecular weight is 2030 g/mol. The van der Waals surface area contributed by atoms with E-state index < -0.39 is 75.6 Å². The van der Waals surface area contributed by atoms with Gasteiger partial charge in [-0.3, -0.25) is 58.6 Å². The minimum atomic E-state index is -5.65. The maximum Gasteiger partial charge on any atom is 0.516 e. The van der Waals surface area contributed by atoms with E-state index in [2.05, 4.69) is 61.3 Å². The summed E-state index contributed by atoms with van der Waals surface area (Å²) < 4.78 is 255. The van der Waals surface area contributed by atoms with E-state index in [4.69, 9.17) is 43.0 Å². The Bertz CT molecular complexity index is 6590. The fourth-order valence-electron chi connectivity index (χ4n) is 12.7. The summed E-state index contributed by atoms with van der Waals surface area (Å²) in [6.45, 7) is 0.768. The van der Waals surface area contributed by atoms with Gasteiger partial charge >= 0.3 is 63.9 Å². The van der Waals surface area contributed by atoms with Crippen LogP contribution >= 0.6 is 0 Å². The molecule has 7 heterocycles. The number of methoxy groups -OCH3 is 4. The van der Waals surface area contributed by atoms with Crippen LogP contribution in [0.4, 0.5) is 89.1 Å². The third-order valence-corrected chi connectivity index (χ3v) is 20.4. The highest BCUT2D eigenvalue weighted by Gasteiger charge is 2.47. The number of hydrogen-bond donors (Lipinski definition) is 11. The molecule has 6 aromatic carbocycles. The summed E-state index contributed by atoms with van der Waals surface area (Å²) in [6, 6.07) is 45.6. The van der Waals surface area contributed by atoms with E-state index in [0.717, 1.165) is 39.5 Å². The first-order chi connectivity index (χ1) is 68.0. The predicted molar refractivity (Wildman–Crippen MR) is 493 cm³/mol. The molecule has 35 nitrogen and oxygen atoms in total. The number of para-hydroxylation sites is 2.